The van der Waals surface area contributed by atoms with Crippen LogP contribution in [0.2, 0.25) is 0 Å². The van der Waals surface area contributed by atoms with E-state index in [-0.39, 0.29) is 25.2 Å². The van der Waals surface area contributed by atoms with Gasteiger partial charge in [0, 0.05) is 24.7 Å². The third kappa shape index (κ3) is 10.5. The summed E-state index contributed by atoms with van der Waals surface area (Å²) in [6, 6.07) is 5.11. The molecule has 2 rings (SSSR count). The van der Waals surface area contributed by atoms with Gasteiger partial charge in [-0.05, 0) is 36.3 Å². The van der Waals surface area contributed by atoms with E-state index in [0.29, 0.717) is 17.9 Å². The topological polar surface area (TPSA) is 179 Å². The second kappa shape index (κ2) is 15.8. The number of carboxylic acids is 1. The first kappa shape index (κ1) is 30.8. The number of carbonyl (C=O) groups is 4. The number of aliphatic carboxylic acids is 1. The minimum atomic E-state index is -1.15. The first-order valence-electron chi connectivity index (χ1n) is 12.5. The Morgan fingerprint density at radius 3 is 2.18 bits per heavy atom. The maximum absolute atomic E-state index is 13.4. The Hall–Kier alpha value is -3.38. The maximum Gasteiger partial charge on any atom is 0.326 e. The molecule has 12 heteroatoms. The van der Waals surface area contributed by atoms with Crippen molar-refractivity contribution in [1.82, 2.24) is 25.9 Å². The van der Waals surface area contributed by atoms with Crippen LogP contribution < -0.4 is 21.7 Å². The number of amides is 3. The summed E-state index contributed by atoms with van der Waals surface area (Å²) >= 11 is 1.47. The summed E-state index contributed by atoms with van der Waals surface area (Å²) in [6.45, 7) is 3.82. The number of aromatic amines is 1. The van der Waals surface area contributed by atoms with Crippen molar-refractivity contribution < 1.29 is 24.3 Å². The van der Waals surface area contributed by atoms with Crippen molar-refractivity contribution in [2.24, 2.45) is 11.7 Å². The lowest BCUT2D eigenvalue weighted by Crippen LogP contribution is -2.58. The van der Waals surface area contributed by atoms with E-state index in [1.807, 2.05) is 50.4 Å². The van der Waals surface area contributed by atoms with E-state index in [9.17, 15) is 24.3 Å². The molecule has 4 atom stereocenters. The first-order valence-corrected chi connectivity index (χ1v) is 13.9. The summed E-state index contributed by atoms with van der Waals surface area (Å²) in [5.41, 5.74) is 7.52. The molecule has 0 aliphatic rings. The lowest BCUT2D eigenvalue weighted by atomic mass is 10.00. The smallest absolute Gasteiger partial charge is 0.326 e. The molecule has 1 heterocycles. The Morgan fingerprint density at radius 2 is 1.61 bits per heavy atom. The highest BCUT2D eigenvalue weighted by Gasteiger charge is 2.31. The van der Waals surface area contributed by atoms with Crippen LogP contribution in [0.25, 0.3) is 0 Å². The number of hydrogen-bond acceptors (Lipinski definition) is 7. The lowest BCUT2D eigenvalue weighted by Gasteiger charge is -2.26. The van der Waals surface area contributed by atoms with E-state index in [1.54, 1.807) is 6.20 Å². The van der Waals surface area contributed by atoms with Crippen LogP contribution in [-0.4, -0.2) is 74.9 Å². The van der Waals surface area contributed by atoms with E-state index in [1.165, 1.54) is 18.1 Å². The zero-order chi connectivity index (χ0) is 28.1. The van der Waals surface area contributed by atoms with Gasteiger partial charge in [0.1, 0.15) is 18.1 Å². The van der Waals surface area contributed by atoms with Crippen LogP contribution in [-0.2, 0) is 32.0 Å². The monoisotopic (exact) mass is 546 g/mol. The molecule has 0 bridgehead atoms. The normalized spacial score (nSPS) is 14.2. The van der Waals surface area contributed by atoms with Crippen molar-refractivity contribution in [3.05, 3.63) is 54.1 Å². The van der Waals surface area contributed by atoms with Crippen molar-refractivity contribution in [2.45, 2.75) is 63.7 Å². The minimum absolute atomic E-state index is 0.0548. The number of benzene rings is 1. The Morgan fingerprint density at radius 1 is 0.974 bits per heavy atom. The van der Waals surface area contributed by atoms with Crippen molar-refractivity contribution in [3.63, 3.8) is 0 Å². The van der Waals surface area contributed by atoms with Crippen LogP contribution in [0, 0.1) is 5.92 Å². The van der Waals surface area contributed by atoms with Crippen LogP contribution in [0.3, 0.4) is 0 Å². The molecule has 0 aliphatic carbocycles. The summed E-state index contributed by atoms with van der Waals surface area (Å²) in [5.74, 6) is -2.21. The molecular formula is C26H38N6O5S. The van der Waals surface area contributed by atoms with Gasteiger partial charge < -0.3 is 31.8 Å². The van der Waals surface area contributed by atoms with E-state index in [4.69, 9.17) is 5.73 Å². The molecule has 11 nitrogen and oxygen atoms in total. The molecule has 0 spiro atoms. The molecule has 1 aromatic heterocycles. The molecule has 0 radical (unpaired) electrons. The second-order valence-corrected chi connectivity index (χ2v) is 10.5. The summed E-state index contributed by atoms with van der Waals surface area (Å²) < 4.78 is 0. The lowest BCUT2D eigenvalue weighted by molar-refractivity contribution is -0.142. The number of imidazole rings is 1. The number of hydrogen-bond donors (Lipinski definition) is 6. The van der Waals surface area contributed by atoms with Gasteiger partial charge in [0.25, 0.3) is 0 Å². The van der Waals surface area contributed by atoms with Crippen molar-refractivity contribution in [1.29, 1.82) is 0 Å². The second-order valence-electron chi connectivity index (χ2n) is 9.51. The Balaban J connectivity index is 2.18. The molecular weight excluding hydrogens is 508 g/mol. The average Bonchev–Trinajstić information content (AvgIpc) is 3.38. The summed E-state index contributed by atoms with van der Waals surface area (Å²) in [7, 11) is 0. The van der Waals surface area contributed by atoms with Gasteiger partial charge in [-0.15, -0.1) is 0 Å². The molecule has 0 fully saturated rings. The van der Waals surface area contributed by atoms with Crippen LogP contribution in [0.4, 0.5) is 0 Å². The highest BCUT2D eigenvalue weighted by molar-refractivity contribution is 7.98. The number of carbonyl (C=O) groups excluding carboxylic acids is 3. The van der Waals surface area contributed by atoms with Crippen molar-refractivity contribution >= 4 is 35.5 Å². The molecule has 2 aromatic rings. The van der Waals surface area contributed by atoms with E-state index >= 15 is 0 Å². The predicted molar refractivity (Wildman–Crippen MR) is 146 cm³/mol. The first-order chi connectivity index (χ1) is 18.1. The van der Waals surface area contributed by atoms with Gasteiger partial charge >= 0.3 is 5.97 Å². The minimum Gasteiger partial charge on any atom is -0.480 e. The quantitative estimate of drug-likeness (QED) is 0.179. The molecule has 0 saturated heterocycles. The fourth-order valence-corrected chi connectivity index (χ4v) is 4.28. The molecule has 7 N–H and O–H groups in total. The number of nitrogens with one attached hydrogen (secondary N) is 4. The molecule has 208 valence electrons. The molecule has 1 aromatic carbocycles. The van der Waals surface area contributed by atoms with Gasteiger partial charge in [0.2, 0.25) is 17.7 Å². The van der Waals surface area contributed by atoms with Crippen LogP contribution in [0.1, 0.15) is 37.9 Å². The largest absolute Gasteiger partial charge is 0.480 e. The Bertz CT molecular complexity index is 1030. The number of nitrogens with zero attached hydrogens (tertiary/aromatic N) is 1. The highest BCUT2D eigenvalue weighted by Crippen LogP contribution is 2.10. The fraction of sp³-hybridized carbons (Fsp3) is 0.500. The molecule has 38 heavy (non-hydrogen) atoms. The Kier molecular flexibility index (Phi) is 12.8. The van der Waals surface area contributed by atoms with Gasteiger partial charge in [0.05, 0.1) is 12.4 Å². The number of carboxylic acid groups (broad SMARTS) is 1. The van der Waals surface area contributed by atoms with Crippen LogP contribution in [0.15, 0.2) is 42.9 Å². The van der Waals surface area contributed by atoms with Gasteiger partial charge in [-0.2, -0.15) is 11.8 Å². The number of thioether (sulfide) groups is 1. The molecule has 0 aliphatic heterocycles. The van der Waals surface area contributed by atoms with E-state index in [2.05, 4.69) is 25.9 Å². The highest BCUT2D eigenvalue weighted by atomic mass is 32.2. The molecule has 4 unspecified atom stereocenters. The SMILES string of the molecule is CSCCC(NC(=O)C(Cc1ccccc1)NC(=O)C(CC(C)C)NC(=O)C(N)Cc1cnc[nH]1)C(=O)O. The van der Waals surface area contributed by atoms with Crippen molar-refractivity contribution in [2.75, 3.05) is 12.0 Å². The zero-order valence-corrected chi connectivity index (χ0v) is 22.8. The summed E-state index contributed by atoms with van der Waals surface area (Å²) in [5, 5.41) is 17.6. The predicted octanol–water partition coefficient (Wildman–Crippen LogP) is 0.860. The molecule has 3 amide bonds. The number of H-pyrrole nitrogens is 1. The van der Waals surface area contributed by atoms with Gasteiger partial charge in [0.15, 0.2) is 0 Å². The van der Waals surface area contributed by atoms with Gasteiger partial charge in [-0.3, -0.25) is 14.4 Å². The Labute approximate surface area is 227 Å². The fourth-order valence-electron chi connectivity index (χ4n) is 3.80. The van der Waals surface area contributed by atoms with Crippen LogP contribution >= 0.6 is 11.8 Å². The van der Waals surface area contributed by atoms with Crippen LogP contribution in [0.5, 0.6) is 0 Å². The zero-order valence-electron chi connectivity index (χ0n) is 22.0. The van der Waals surface area contributed by atoms with Crippen molar-refractivity contribution in [3.8, 4) is 0 Å². The van der Waals surface area contributed by atoms with E-state index in [0.717, 1.165) is 5.56 Å². The third-order valence-corrected chi connectivity index (χ3v) is 6.46. The average molecular weight is 547 g/mol. The summed E-state index contributed by atoms with van der Waals surface area (Å²) in [6.07, 6.45) is 5.84. The molecule has 0 saturated carbocycles. The third-order valence-electron chi connectivity index (χ3n) is 5.81. The number of nitrogens with two attached hydrogens (primary N) is 1. The maximum atomic E-state index is 13.4. The van der Waals surface area contributed by atoms with Gasteiger partial charge in [-0.1, -0.05) is 44.2 Å². The summed E-state index contributed by atoms with van der Waals surface area (Å²) in [4.78, 5) is 57.9. The van der Waals surface area contributed by atoms with Gasteiger partial charge in [-0.25, -0.2) is 9.78 Å². The standard InChI is InChI=1S/C26H38N6O5S/c1-16(2)11-21(31-23(33)19(27)13-18-14-28-15-29-18)24(34)32-22(12-17-7-5-4-6-8-17)25(35)30-20(26(36)37)9-10-38-3/h4-8,14-16,19-22H,9-13,27H2,1-3H3,(H,28,29)(H,30,35)(H,31,33)(H,32,34)(H,36,37). The number of aromatic nitrogens is 2. The van der Waals surface area contributed by atoms with E-state index < -0.39 is 47.9 Å². The number of rotatable bonds is 16.